The first-order valence-electron chi connectivity index (χ1n) is 10.6. The lowest BCUT2D eigenvalue weighted by Gasteiger charge is -2.35. The van der Waals surface area contributed by atoms with Crippen LogP contribution in [0, 0.1) is 0 Å². The molecule has 3 aromatic rings. The predicted octanol–water partition coefficient (Wildman–Crippen LogP) is 4.60. The normalized spacial score (nSPS) is 12.8. The first-order valence-corrected chi connectivity index (χ1v) is 12.5. The van der Waals surface area contributed by atoms with E-state index in [2.05, 4.69) is 77.9 Å². The second kappa shape index (κ2) is 8.05. The lowest BCUT2D eigenvalue weighted by Crippen LogP contribution is -2.69. The molecule has 0 heterocycles. The Labute approximate surface area is 182 Å². The van der Waals surface area contributed by atoms with Gasteiger partial charge in [0.05, 0.1) is 0 Å². The molecule has 1 N–H and O–H groups in total. The summed E-state index contributed by atoms with van der Waals surface area (Å²) in [5.74, 6) is 0.358. The molecule has 0 aliphatic heterocycles. The van der Waals surface area contributed by atoms with Gasteiger partial charge in [0, 0.05) is 12.3 Å². The molecule has 30 heavy (non-hydrogen) atoms. The molecule has 0 fully saturated rings. The smallest absolute Gasteiger partial charge is 0.291 e. The maximum atomic E-state index is 11.7. The number of phenolic OH excluding ortho intramolecular Hbond substituents is 1. The minimum absolute atomic E-state index is 0.0519. The van der Waals surface area contributed by atoms with Crippen molar-refractivity contribution in [3.63, 3.8) is 0 Å². The van der Waals surface area contributed by atoms with Crippen LogP contribution in [0.5, 0.6) is 5.75 Å². The topological polar surface area (TPSA) is 29.5 Å². The minimum atomic E-state index is -2.91. The van der Waals surface area contributed by atoms with Crippen LogP contribution in [0.3, 0.4) is 0 Å². The number of aromatic hydroxyl groups is 1. The van der Waals surface area contributed by atoms with Crippen LogP contribution in [0.25, 0.3) is 0 Å². The van der Waals surface area contributed by atoms with Crippen LogP contribution >= 0.6 is 0 Å². The fourth-order valence-corrected chi connectivity index (χ4v) is 7.87. The van der Waals surface area contributed by atoms with Crippen molar-refractivity contribution in [2.45, 2.75) is 52.4 Å². The van der Waals surface area contributed by atoms with Crippen LogP contribution in [0.15, 0.2) is 72.8 Å². The summed E-state index contributed by atoms with van der Waals surface area (Å²) in [6.45, 7) is 13.1. The summed E-state index contributed by atoms with van der Waals surface area (Å²) in [6, 6.07) is 25.1. The standard InChI is InChI=1S/C27H34O2Si/c1-26(2,3)20-18-23(27(4,5)6)25(28)24(19-20)30(29-7,21-14-10-8-11-15-21)22-16-12-9-13-17-22/h8-19,28H,1-7H3. The Morgan fingerprint density at radius 3 is 1.53 bits per heavy atom. The van der Waals surface area contributed by atoms with Crippen molar-refractivity contribution in [3.8, 4) is 5.75 Å². The zero-order chi connectivity index (χ0) is 22.2. The van der Waals surface area contributed by atoms with Crippen molar-refractivity contribution in [1.29, 1.82) is 0 Å². The Balaban J connectivity index is 2.48. The van der Waals surface area contributed by atoms with Crippen molar-refractivity contribution in [2.75, 3.05) is 7.11 Å². The maximum Gasteiger partial charge on any atom is 0.291 e. The summed E-state index contributed by atoms with van der Waals surface area (Å²) >= 11 is 0. The molecule has 0 radical (unpaired) electrons. The Morgan fingerprint density at radius 2 is 1.17 bits per heavy atom. The molecule has 3 heteroatoms. The maximum absolute atomic E-state index is 11.7. The SMILES string of the molecule is CO[Si](c1ccccc1)(c1ccccc1)c1cc(C(C)(C)C)cc(C(C)(C)C)c1O. The molecule has 0 aliphatic rings. The van der Waals surface area contributed by atoms with E-state index >= 15 is 0 Å². The zero-order valence-corrected chi connectivity index (χ0v) is 20.3. The highest BCUT2D eigenvalue weighted by Gasteiger charge is 2.44. The van der Waals surface area contributed by atoms with E-state index in [1.807, 2.05) is 36.4 Å². The van der Waals surface area contributed by atoms with E-state index in [0.717, 1.165) is 21.1 Å². The van der Waals surface area contributed by atoms with E-state index in [0.29, 0.717) is 5.75 Å². The largest absolute Gasteiger partial charge is 0.508 e. The number of phenols is 1. The fourth-order valence-electron chi connectivity index (χ4n) is 4.08. The Morgan fingerprint density at radius 1 is 0.700 bits per heavy atom. The third-order valence-electron chi connectivity index (χ3n) is 5.83. The highest BCUT2D eigenvalue weighted by Crippen LogP contribution is 2.35. The summed E-state index contributed by atoms with van der Waals surface area (Å²) in [5.41, 5.74) is 1.93. The molecule has 0 spiro atoms. The van der Waals surface area contributed by atoms with Gasteiger partial charge in [-0.25, -0.2) is 0 Å². The zero-order valence-electron chi connectivity index (χ0n) is 19.3. The van der Waals surface area contributed by atoms with Crippen molar-refractivity contribution in [2.24, 2.45) is 0 Å². The van der Waals surface area contributed by atoms with Crippen LogP contribution in [-0.4, -0.2) is 20.5 Å². The lowest BCUT2D eigenvalue weighted by molar-refractivity contribution is 0.419. The molecule has 2 nitrogen and oxygen atoms in total. The summed E-state index contributed by atoms with van der Waals surface area (Å²) < 4.78 is 6.49. The van der Waals surface area contributed by atoms with Gasteiger partial charge in [-0.3, -0.25) is 0 Å². The molecule has 0 amide bonds. The van der Waals surface area contributed by atoms with E-state index in [4.69, 9.17) is 4.43 Å². The number of hydrogen-bond donors (Lipinski definition) is 1. The van der Waals surface area contributed by atoms with Gasteiger partial charge in [-0.1, -0.05) is 114 Å². The molecule has 3 rings (SSSR count). The molecular formula is C27H34O2Si. The summed E-state index contributed by atoms with van der Waals surface area (Å²) in [4.78, 5) is 0. The number of benzene rings is 3. The monoisotopic (exact) mass is 418 g/mol. The first-order chi connectivity index (χ1) is 14.0. The predicted molar refractivity (Wildman–Crippen MR) is 130 cm³/mol. The minimum Gasteiger partial charge on any atom is -0.508 e. The average molecular weight is 419 g/mol. The van der Waals surface area contributed by atoms with Gasteiger partial charge >= 0.3 is 0 Å². The van der Waals surface area contributed by atoms with E-state index in [1.54, 1.807) is 7.11 Å². The highest BCUT2D eigenvalue weighted by atomic mass is 28.4. The Kier molecular flexibility index (Phi) is 5.99. The van der Waals surface area contributed by atoms with E-state index < -0.39 is 8.32 Å². The fraction of sp³-hybridized carbons (Fsp3) is 0.333. The summed E-state index contributed by atoms with van der Waals surface area (Å²) in [6.07, 6.45) is 0. The van der Waals surface area contributed by atoms with E-state index in [-0.39, 0.29) is 10.8 Å². The molecule has 0 aliphatic carbocycles. The molecule has 158 valence electrons. The molecule has 0 saturated heterocycles. The van der Waals surface area contributed by atoms with E-state index in [1.165, 1.54) is 5.56 Å². The Hall–Kier alpha value is -2.36. The van der Waals surface area contributed by atoms with Gasteiger partial charge in [-0.15, -0.1) is 0 Å². The number of hydrogen-bond acceptors (Lipinski definition) is 2. The molecule has 0 aromatic heterocycles. The van der Waals surface area contributed by atoms with Crippen LogP contribution in [0.2, 0.25) is 0 Å². The summed E-state index contributed by atoms with van der Waals surface area (Å²) in [7, 11) is -1.13. The van der Waals surface area contributed by atoms with Crippen molar-refractivity contribution < 1.29 is 9.53 Å². The van der Waals surface area contributed by atoms with Gasteiger partial charge in [-0.05, 0) is 32.3 Å². The molecule has 0 atom stereocenters. The van der Waals surface area contributed by atoms with Crippen LogP contribution < -0.4 is 15.6 Å². The van der Waals surface area contributed by atoms with Gasteiger partial charge in [0.1, 0.15) is 5.75 Å². The molecule has 3 aromatic carbocycles. The van der Waals surface area contributed by atoms with Crippen LogP contribution in [0.1, 0.15) is 52.7 Å². The van der Waals surface area contributed by atoms with Gasteiger partial charge in [-0.2, -0.15) is 0 Å². The lowest BCUT2D eigenvalue weighted by atomic mass is 9.80. The molecule has 0 unspecified atom stereocenters. The quantitative estimate of drug-likeness (QED) is 0.496. The second-order valence-corrected chi connectivity index (χ2v) is 13.5. The van der Waals surface area contributed by atoms with Crippen LogP contribution in [-0.2, 0) is 15.3 Å². The third-order valence-corrected chi connectivity index (χ3v) is 9.87. The van der Waals surface area contributed by atoms with Gasteiger partial charge in [0.15, 0.2) is 0 Å². The van der Waals surface area contributed by atoms with Crippen molar-refractivity contribution >= 4 is 23.9 Å². The van der Waals surface area contributed by atoms with Crippen LogP contribution in [0.4, 0.5) is 0 Å². The molecular weight excluding hydrogens is 384 g/mol. The number of rotatable bonds is 4. The Bertz CT molecular complexity index is 957. The second-order valence-electron chi connectivity index (χ2n) is 10.0. The van der Waals surface area contributed by atoms with Gasteiger partial charge in [0.2, 0.25) is 0 Å². The van der Waals surface area contributed by atoms with Crippen molar-refractivity contribution in [1.82, 2.24) is 0 Å². The molecule has 0 bridgehead atoms. The highest BCUT2D eigenvalue weighted by molar-refractivity contribution is 7.07. The van der Waals surface area contributed by atoms with E-state index in [9.17, 15) is 5.11 Å². The van der Waals surface area contributed by atoms with Gasteiger partial charge < -0.3 is 9.53 Å². The first kappa shape index (κ1) is 22.3. The third kappa shape index (κ3) is 3.97. The summed E-state index contributed by atoms with van der Waals surface area (Å²) in [5, 5.41) is 14.8. The van der Waals surface area contributed by atoms with Gasteiger partial charge in [0.25, 0.3) is 8.32 Å². The average Bonchev–Trinajstić information content (AvgIpc) is 2.70. The van der Waals surface area contributed by atoms with Crippen molar-refractivity contribution in [3.05, 3.63) is 83.9 Å². The molecule has 0 saturated carbocycles.